The van der Waals surface area contributed by atoms with Crippen LogP contribution in [0.15, 0.2) is 29.2 Å². The van der Waals surface area contributed by atoms with E-state index in [1.165, 1.54) is 18.6 Å². The van der Waals surface area contributed by atoms with E-state index >= 15 is 0 Å². The molecule has 0 aromatic heterocycles. The summed E-state index contributed by atoms with van der Waals surface area (Å²) in [5.41, 5.74) is 0.330. The van der Waals surface area contributed by atoms with Crippen LogP contribution in [0.2, 0.25) is 0 Å². The van der Waals surface area contributed by atoms with Crippen molar-refractivity contribution < 1.29 is 13.2 Å². The van der Waals surface area contributed by atoms with Gasteiger partial charge in [0.2, 0.25) is 10.0 Å². The molecule has 24 heavy (non-hydrogen) atoms. The zero-order valence-corrected chi connectivity index (χ0v) is 14.6. The largest absolute Gasteiger partial charge is 0.349 e. The maximum atomic E-state index is 12.4. The summed E-state index contributed by atoms with van der Waals surface area (Å²) in [6.07, 6.45) is 4.45. The van der Waals surface area contributed by atoms with Crippen molar-refractivity contribution in [2.24, 2.45) is 5.92 Å². The highest BCUT2D eigenvalue weighted by molar-refractivity contribution is 7.89. The van der Waals surface area contributed by atoms with E-state index in [1.54, 1.807) is 12.1 Å². The van der Waals surface area contributed by atoms with Crippen molar-refractivity contribution in [2.45, 2.75) is 50.0 Å². The van der Waals surface area contributed by atoms with Crippen molar-refractivity contribution in [1.82, 2.24) is 10.0 Å². The van der Waals surface area contributed by atoms with Gasteiger partial charge in [-0.2, -0.15) is 5.26 Å². The fraction of sp³-hybridized carbons (Fsp3) is 0.529. The molecule has 1 aliphatic carbocycles. The quantitative estimate of drug-likeness (QED) is 0.769. The lowest BCUT2D eigenvalue weighted by Crippen LogP contribution is -2.41. The standard InChI is InChI=1S/C17H23N3O3S/c1-13-6-2-3-9-16(13)20-17(21)14-7-4-8-15(12-14)24(22,23)19-11-5-10-18/h4,7-8,12-13,16,19H,2-3,5-6,9,11H2,1H3,(H,20,21)/t13-,16-/m0/s1. The highest BCUT2D eigenvalue weighted by Crippen LogP contribution is 2.24. The minimum atomic E-state index is -3.71. The number of nitriles is 1. The number of nitrogens with one attached hydrogen (secondary N) is 2. The maximum Gasteiger partial charge on any atom is 0.251 e. The summed E-state index contributed by atoms with van der Waals surface area (Å²) in [5, 5.41) is 11.5. The van der Waals surface area contributed by atoms with E-state index in [0.717, 1.165) is 19.3 Å². The van der Waals surface area contributed by atoms with Gasteiger partial charge < -0.3 is 5.32 Å². The number of carbonyl (C=O) groups is 1. The summed E-state index contributed by atoms with van der Waals surface area (Å²) in [4.78, 5) is 12.5. The Labute approximate surface area is 143 Å². The van der Waals surface area contributed by atoms with Gasteiger partial charge in [-0.05, 0) is 37.0 Å². The van der Waals surface area contributed by atoms with Gasteiger partial charge in [0.1, 0.15) is 0 Å². The monoisotopic (exact) mass is 349 g/mol. The number of rotatable bonds is 6. The van der Waals surface area contributed by atoms with Crippen LogP contribution in [0.3, 0.4) is 0 Å². The van der Waals surface area contributed by atoms with E-state index in [0.29, 0.717) is 11.5 Å². The topological polar surface area (TPSA) is 99.1 Å². The van der Waals surface area contributed by atoms with Crippen LogP contribution in [0.4, 0.5) is 0 Å². The van der Waals surface area contributed by atoms with Gasteiger partial charge in [-0.1, -0.05) is 25.8 Å². The van der Waals surface area contributed by atoms with Gasteiger partial charge in [0, 0.05) is 24.6 Å². The lowest BCUT2D eigenvalue weighted by molar-refractivity contribution is 0.0910. The van der Waals surface area contributed by atoms with E-state index in [9.17, 15) is 13.2 Å². The van der Waals surface area contributed by atoms with Crippen LogP contribution in [-0.4, -0.2) is 26.9 Å². The van der Waals surface area contributed by atoms with Crippen LogP contribution in [0.1, 0.15) is 49.4 Å². The van der Waals surface area contributed by atoms with E-state index in [2.05, 4.69) is 17.0 Å². The maximum absolute atomic E-state index is 12.4. The summed E-state index contributed by atoms with van der Waals surface area (Å²) < 4.78 is 26.7. The minimum absolute atomic E-state index is 0.0322. The second kappa shape index (κ2) is 8.27. The lowest BCUT2D eigenvalue weighted by Gasteiger charge is -2.29. The van der Waals surface area contributed by atoms with Crippen molar-refractivity contribution in [3.8, 4) is 6.07 Å². The van der Waals surface area contributed by atoms with Crippen LogP contribution >= 0.6 is 0 Å². The van der Waals surface area contributed by atoms with Gasteiger partial charge >= 0.3 is 0 Å². The van der Waals surface area contributed by atoms with Crippen LogP contribution in [-0.2, 0) is 10.0 Å². The Hall–Kier alpha value is -1.91. The fourth-order valence-electron chi connectivity index (χ4n) is 2.91. The second-order valence-electron chi connectivity index (χ2n) is 6.18. The van der Waals surface area contributed by atoms with Gasteiger partial charge in [-0.3, -0.25) is 4.79 Å². The summed E-state index contributed by atoms with van der Waals surface area (Å²) in [6.45, 7) is 2.18. The third kappa shape index (κ3) is 4.79. The number of nitrogens with zero attached hydrogens (tertiary/aromatic N) is 1. The van der Waals surface area contributed by atoms with E-state index in [-0.39, 0.29) is 29.8 Å². The molecule has 0 heterocycles. The van der Waals surface area contributed by atoms with Gasteiger partial charge in [0.25, 0.3) is 5.91 Å². The fourth-order valence-corrected chi connectivity index (χ4v) is 3.99. The number of carbonyl (C=O) groups excluding carboxylic acids is 1. The Morgan fingerprint density at radius 1 is 1.33 bits per heavy atom. The average Bonchev–Trinajstić information content (AvgIpc) is 2.57. The molecule has 0 spiro atoms. The molecule has 0 radical (unpaired) electrons. The Kier molecular flexibility index (Phi) is 6.35. The molecule has 1 aromatic rings. The van der Waals surface area contributed by atoms with Crippen molar-refractivity contribution in [2.75, 3.05) is 6.54 Å². The Morgan fingerprint density at radius 3 is 2.79 bits per heavy atom. The van der Waals surface area contributed by atoms with Crippen molar-refractivity contribution in [3.63, 3.8) is 0 Å². The zero-order chi connectivity index (χ0) is 17.6. The second-order valence-corrected chi connectivity index (χ2v) is 7.94. The molecule has 2 atom stereocenters. The SMILES string of the molecule is C[C@H]1CCCC[C@@H]1NC(=O)c1cccc(S(=O)(=O)NCCC#N)c1. The molecule has 1 aromatic carbocycles. The zero-order valence-electron chi connectivity index (χ0n) is 13.8. The Bertz CT molecular complexity index is 725. The molecule has 1 amide bonds. The normalized spacial score (nSPS) is 21.0. The molecule has 0 aliphatic heterocycles. The van der Waals surface area contributed by atoms with Crippen LogP contribution in [0.25, 0.3) is 0 Å². The summed E-state index contributed by atoms with van der Waals surface area (Å²) in [7, 11) is -3.71. The number of sulfonamides is 1. The molecule has 6 nitrogen and oxygen atoms in total. The number of hydrogen-bond acceptors (Lipinski definition) is 4. The molecule has 7 heteroatoms. The summed E-state index contributed by atoms with van der Waals surface area (Å²) >= 11 is 0. The first-order valence-corrected chi connectivity index (χ1v) is 9.70. The van der Waals surface area contributed by atoms with Crippen LogP contribution in [0, 0.1) is 17.2 Å². The molecular weight excluding hydrogens is 326 g/mol. The van der Waals surface area contributed by atoms with E-state index in [4.69, 9.17) is 5.26 Å². The van der Waals surface area contributed by atoms with E-state index < -0.39 is 10.0 Å². The summed E-state index contributed by atoms with van der Waals surface area (Å²) in [6, 6.07) is 7.99. The minimum Gasteiger partial charge on any atom is -0.349 e. The molecule has 130 valence electrons. The van der Waals surface area contributed by atoms with Crippen molar-refractivity contribution in [3.05, 3.63) is 29.8 Å². The highest BCUT2D eigenvalue weighted by atomic mass is 32.2. The Balaban J connectivity index is 2.09. The first-order chi connectivity index (χ1) is 11.4. The molecule has 0 bridgehead atoms. The van der Waals surface area contributed by atoms with Crippen LogP contribution in [0.5, 0.6) is 0 Å². The van der Waals surface area contributed by atoms with Crippen LogP contribution < -0.4 is 10.0 Å². The molecule has 1 aliphatic rings. The molecule has 0 saturated heterocycles. The molecule has 2 N–H and O–H groups in total. The molecule has 1 fully saturated rings. The number of amides is 1. The van der Waals surface area contributed by atoms with Crippen molar-refractivity contribution >= 4 is 15.9 Å². The average molecular weight is 349 g/mol. The number of benzene rings is 1. The summed E-state index contributed by atoms with van der Waals surface area (Å²) in [5.74, 6) is 0.185. The lowest BCUT2D eigenvalue weighted by atomic mass is 9.86. The smallest absolute Gasteiger partial charge is 0.251 e. The predicted octanol–water partition coefficient (Wildman–Crippen LogP) is 2.19. The van der Waals surface area contributed by atoms with Gasteiger partial charge in [-0.15, -0.1) is 0 Å². The Morgan fingerprint density at radius 2 is 2.08 bits per heavy atom. The molecule has 0 unspecified atom stereocenters. The molecule has 1 saturated carbocycles. The first-order valence-electron chi connectivity index (χ1n) is 8.21. The van der Waals surface area contributed by atoms with E-state index in [1.807, 2.05) is 6.07 Å². The highest BCUT2D eigenvalue weighted by Gasteiger charge is 2.24. The predicted molar refractivity (Wildman–Crippen MR) is 90.7 cm³/mol. The van der Waals surface area contributed by atoms with Crippen molar-refractivity contribution in [1.29, 1.82) is 5.26 Å². The number of hydrogen-bond donors (Lipinski definition) is 2. The molecule has 2 rings (SSSR count). The third-order valence-corrected chi connectivity index (χ3v) is 5.82. The van der Waals surface area contributed by atoms with Gasteiger partial charge in [-0.25, -0.2) is 13.1 Å². The third-order valence-electron chi connectivity index (χ3n) is 4.36. The molecular formula is C17H23N3O3S. The first kappa shape index (κ1) is 18.4. The van der Waals surface area contributed by atoms with Gasteiger partial charge in [0.15, 0.2) is 0 Å². The van der Waals surface area contributed by atoms with Gasteiger partial charge in [0.05, 0.1) is 11.0 Å².